The van der Waals surface area contributed by atoms with Crippen LogP contribution in [0.2, 0.25) is 5.02 Å². The molecule has 4 heteroatoms. The van der Waals surface area contributed by atoms with Crippen LogP contribution in [0.15, 0.2) is 28.8 Å². The molecule has 0 saturated carbocycles. The van der Waals surface area contributed by atoms with Gasteiger partial charge < -0.3 is 4.52 Å². The molecule has 0 aliphatic rings. The van der Waals surface area contributed by atoms with Crippen molar-refractivity contribution < 1.29 is 4.52 Å². The van der Waals surface area contributed by atoms with E-state index < -0.39 is 0 Å². The quantitative estimate of drug-likeness (QED) is 0.773. The number of aryl methyl sites for hydroxylation is 1. The molecule has 0 radical (unpaired) electrons. The highest BCUT2D eigenvalue weighted by Gasteiger charge is 2.12. The van der Waals surface area contributed by atoms with E-state index >= 15 is 0 Å². The Hall–Kier alpha value is -0.800. The third kappa shape index (κ3) is 2.08. The molecule has 2 nitrogen and oxygen atoms in total. The van der Waals surface area contributed by atoms with Gasteiger partial charge in [0.05, 0.1) is 0 Å². The van der Waals surface area contributed by atoms with E-state index in [1.54, 1.807) is 0 Å². The average molecular weight is 287 g/mol. The van der Waals surface area contributed by atoms with Crippen LogP contribution in [-0.2, 0) is 5.33 Å². The first-order valence-electron chi connectivity index (χ1n) is 4.49. The molecule has 78 valence electrons. The molecule has 0 bridgehead atoms. The van der Waals surface area contributed by atoms with Crippen molar-refractivity contribution >= 4 is 27.5 Å². The minimum atomic E-state index is 0.722. The summed E-state index contributed by atoms with van der Waals surface area (Å²) in [4.78, 5) is 0. The van der Waals surface area contributed by atoms with Crippen molar-refractivity contribution in [3.8, 4) is 11.3 Å². The van der Waals surface area contributed by atoms with E-state index in [9.17, 15) is 0 Å². The van der Waals surface area contributed by atoms with Crippen LogP contribution in [0.4, 0.5) is 0 Å². The van der Waals surface area contributed by atoms with E-state index in [0.717, 1.165) is 32.9 Å². The van der Waals surface area contributed by atoms with Gasteiger partial charge in [0.2, 0.25) is 0 Å². The fourth-order valence-electron chi connectivity index (χ4n) is 1.38. The van der Waals surface area contributed by atoms with E-state index in [0.29, 0.717) is 0 Å². The average Bonchev–Trinajstić information content (AvgIpc) is 2.61. The zero-order valence-electron chi connectivity index (χ0n) is 8.13. The molecule has 0 aliphatic carbocycles. The minimum Gasteiger partial charge on any atom is -0.361 e. The Bertz CT molecular complexity index is 464. The number of rotatable bonds is 2. The smallest absolute Gasteiger partial charge is 0.138 e. The highest BCUT2D eigenvalue weighted by atomic mass is 79.9. The molecule has 0 fully saturated rings. The molecular formula is C11H9BrClNO. The molecule has 1 aromatic carbocycles. The van der Waals surface area contributed by atoms with Crippen LogP contribution in [0, 0.1) is 6.92 Å². The zero-order chi connectivity index (χ0) is 10.8. The van der Waals surface area contributed by atoms with Crippen molar-refractivity contribution in [3.05, 3.63) is 40.6 Å². The fourth-order valence-corrected chi connectivity index (χ4v) is 2.17. The maximum absolute atomic E-state index is 5.82. The largest absolute Gasteiger partial charge is 0.361 e. The standard InChI is InChI=1S/C11H9BrClNO/c1-7-10(6-12)11(14-15-7)8-2-4-9(13)5-3-8/h2-5H,6H2,1H3. The van der Waals surface area contributed by atoms with Crippen molar-refractivity contribution in [1.82, 2.24) is 5.16 Å². The van der Waals surface area contributed by atoms with E-state index in [2.05, 4.69) is 21.1 Å². The second kappa shape index (κ2) is 4.37. The summed E-state index contributed by atoms with van der Waals surface area (Å²) in [6, 6.07) is 7.56. The Balaban J connectivity index is 2.49. The van der Waals surface area contributed by atoms with Crippen molar-refractivity contribution in [1.29, 1.82) is 0 Å². The molecule has 0 spiro atoms. The molecular weight excluding hydrogens is 277 g/mol. The van der Waals surface area contributed by atoms with Crippen molar-refractivity contribution in [2.24, 2.45) is 0 Å². The van der Waals surface area contributed by atoms with E-state index in [1.807, 2.05) is 31.2 Å². The summed E-state index contributed by atoms with van der Waals surface area (Å²) in [7, 11) is 0. The molecule has 0 saturated heterocycles. The first-order chi connectivity index (χ1) is 7.22. The van der Waals surface area contributed by atoms with Gasteiger partial charge >= 0.3 is 0 Å². The number of hydrogen-bond acceptors (Lipinski definition) is 2. The Morgan fingerprint density at radius 1 is 1.33 bits per heavy atom. The number of alkyl halides is 1. The van der Waals surface area contributed by atoms with Crippen LogP contribution in [0.5, 0.6) is 0 Å². The maximum atomic E-state index is 5.82. The van der Waals surface area contributed by atoms with Gasteiger partial charge in [-0.2, -0.15) is 0 Å². The number of hydrogen-bond donors (Lipinski definition) is 0. The van der Waals surface area contributed by atoms with E-state index in [1.165, 1.54) is 0 Å². The highest BCUT2D eigenvalue weighted by molar-refractivity contribution is 9.08. The summed E-state index contributed by atoms with van der Waals surface area (Å²) in [5.41, 5.74) is 2.98. The zero-order valence-corrected chi connectivity index (χ0v) is 10.5. The van der Waals surface area contributed by atoms with Crippen LogP contribution in [0.1, 0.15) is 11.3 Å². The number of benzene rings is 1. The van der Waals surface area contributed by atoms with Gasteiger partial charge in [-0.25, -0.2) is 0 Å². The summed E-state index contributed by atoms with van der Waals surface area (Å²) < 4.78 is 5.16. The van der Waals surface area contributed by atoms with Crippen LogP contribution < -0.4 is 0 Å². The highest BCUT2D eigenvalue weighted by Crippen LogP contribution is 2.27. The lowest BCUT2D eigenvalue weighted by atomic mass is 10.1. The lowest BCUT2D eigenvalue weighted by molar-refractivity contribution is 0.398. The Kier molecular flexibility index (Phi) is 3.12. The molecule has 1 heterocycles. The molecule has 0 unspecified atom stereocenters. The summed E-state index contributed by atoms with van der Waals surface area (Å²) in [5, 5.41) is 5.50. The van der Waals surface area contributed by atoms with Gasteiger partial charge in [0.1, 0.15) is 11.5 Å². The molecule has 0 amide bonds. The lowest BCUT2D eigenvalue weighted by Gasteiger charge is -1.98. The van der Waals surface area contributed by atoms with Crippen molar-refractivity contribution in [2.45, 2.75) is 12.3 Å². The van der Waals surface area contributed by atoms with Crippen LogP contribution in [0.3, 0.4) is 0 Å². The second-order valence-corrected chi connectivity index (χ2v) is 4.20. The third-order valence-corrected chi connectivity index (χ3v) is 3.05. The van der Waals surface area contributed by atoms with Gasteiger partial charge in [-0.15, -0.1) is 0 Å². The molecule has 0 N–H and O–H groups in total. The third-order valence-electron chi connectivity index (χ3n) is 2.24. The van der Waals surface area contributed by atoms with Crippen molar-refractivity contribution in [3.63, 3.8) is 0 Å². The fraction of sp³-hybridized carbons (Fsp3) is 0.182. The SMILES string of the molecule is Cc1onc(-c2ccc(Cl)cc2)c1CBr. The Morgan fingerprint density at radius 3 is 2.60 bits per heavy atom. The van der Waals surface area contributed by atoms with Gasteiger partial charge in [0.15, 0.2) is 0 Å². The summed E-state index contributed by atoms with van der Waals surface area (Å²) in [5.74, 6) is 0.844. The van der Waals surface area contributed by atoms with Gasteiger partial charge in [-0.1, -0.05) is 44.8 Å². The monoisotopic (exact) mass is 285 g/mol. The lowest BCUT2D eigenvalue weighted by Crippen LogP contribution is -1.84. The Morgan fingerprint density at radius 2 is 2.00 bits per heavy atom. The molecule has 15 heavy (non-hydrogen) atoms. The topological polar surface area (TPSA) is 26.0 Å². The Labute approximate surface area is 101 Å². The molecule has 0 aliphatic heterocycles. The first kappa shape index (κ1) is 10.7. The summed E-state index contributed by atoms with van der Waals surface area (Å²) >= 11 is 9.25. The minimum absolute atomic E-state index is 0.722. The second-order valence-electron chi connectivity index (χ2n) is 3.21. The van der Waals surface area contributed by atoms with Crippen molar-refractivity contribution in [2.75, 3.05) is 0 Å². The predicted octanol–water partition coefficient (Wildman–Crippen LogP) is 4.20. The normalized spacial score (nSPS) is 10.6. The maximum Gasteiger partial charge on any atom is 0.138 e. The van der Waals surface area contributed by atoms with Gasteiger partial charge in [-0.3, -0.25) is 0 Å². The molecule has 2 aromatic rings. The number of aromatic nitrogens is 1. The van der Waals surface area contributed by atoms with E-state index in [-0.39, 0.29) is 0 Å². The number of halogens is 2. The van der Waals surface area contributed by atoms with Crippen LogP contribution >= 0.6 is 27.5 Å². The molecule has 2 rings (SSSR count). The summed E-state index contributed by atoms with van der Waals surface area (Å²) in [6.07, 6.45) is 0. The predicted molar refractivity (Wildman–Crippen MR) is 64.3 cm³/mol. The van der Waals surface area contributed by atoms with Gasteiger partial charge in [0.25, 0.3) is 0 Å². The molecule has 0 atom stereocenters. The van der Waals surface area contributed by atoms with Crippen LogP contribution in [-0.4, -0.2) is 5.16 Å². The summed E-state index contributed by atoms with van der Waals surface area (Å²) in [6.45, 7) is 1.91. The molecule has 1 aromatic heterocycles. The van der Waals surface area contributed by atoms with Gasteiger partial charge in [-0.05, 0) is 19.1 Å². The van der Waals surface area contributed by atoms with E-state index in [4.69, 9.17) is 16.1 Å². The van der Waals surface area contributed by atoms with Gasteiger partial charge in [0, 0.05) is 21.5 Å². The van der Waals surface area contributed by atoms with Crippen LogP contribution in [0.25, 0.3) is 11.3 Å². The first-order valence-corrected chi connectivity index (χ1v) is 5.99. The number of nitrogens with zero attached hydrogens (tertiary/aromatic N) is 1.